The molecule has 0 saturated heterocycles. The van der Waals surface area contributed by atoms with Gasteiger partial charge in [0.05, 0.1) is 4.92 Å². The normalized spacial score (nSPS) is 14.3. The molecule has 108 valence electrons. The van der Waals surface area contributed by atoms with Gasteiger partial charge in [-0.25, -0.2) is 4.79 Å². The largest absolute Gasteiger partial charge is 0.477 e. The van der Waals surface area contributed by atoms with Crippen molar-refractivity contribution >= 4 is 17.3 Å². The molecule has 20 heavy (non-hydrogen) atoms. The summed E-state index contributed by atoms with van der Waals surface area (Å²) in [6, 6.07) is 4.89. The van der Waals surface area contributed by atoms with Crippen LogP contribution in [-0.2, 0) is 0 Å². The van der Waals surface area contributed by atoms with Gasteiger partial charge in [-0.1, -0.05) is 6.07 Å². The maximum Gasteiger partial charge on any atom is 0.342 e. The van der Waals surface area contributed by atoms with Crippen molar-refractivity contribution in [1.82, 2.24) is 4.90 Å². The Balaban J connectivity index is 2.07. The van der Waals surface area contributed by atoms with Crippen molar-refractivity contribution in [3.63, 3.8) is 0 Å². The third-order valence-corrected chi connectivity index (χ3v) is 3.40. The fourth-order valence-corrected chi connectivity index (χ4v) is 2.12. The van der Waals surface area contributed by atoms with E-state index < -0.39 is 10.9 Å². The van der Waals surface area contributed by atoms with Gasteiger partial charge < -0.3 is 15.3 Å². The molecular weight excluding hydrogens is 262 g/mol. The summed E-state index contributed by atoms with van der Waals surface area (Å²) >= 11 is 0. The average Bonchev–Trinajstić information content (AvgIpc) is 3.22. The molecule has 0 unspecified atom stereocenters. The molecule has 0 aliphatic heterocycles. The van der Waals surface area contributed by atoms with E-state index >= 15 is 0 Å². The summed E-state index contributed by atoms with van der Waals surface area (Å²) in [5.41, 5.74) is -0.427. The molecule has 1 aromatic carbocycles. The van der Waals surface area contributed by atoms with E-state index in [1.165, 1.54) is 31.0 Å². The van der Waals surface area contributed by atoms with Crippen LogP contribution in [0.15, 0.2) is 18.2 Å². The first-order valence-electron chi connectivity index (χ1n) is 6.45. The van der Waals surface area contributed by atoms with Gasteiger partial charge in [0.1, 0.15) is 11.3 Å². The number of benzene rings is 1. The molecule has 0 spiro atoms. The van der Waals surface area contributed by atoms with Gasteiger partial charge >= 0.3 is 11.7 Å². The molecule has 2 rings (SSSR count). The van der Waals surface area contributed by atoms with Crippen LogP contribution in [0.2, 0.25) is 0 Å². The summed E-state index contributed by atoms with van der Waals surface area (Å²) in [6.07, 6.45) is 2.40. The predicted molar refractivity (Wildman–Crippen MR) is 74.2 cm³/mol. The Bertz CT molecular complexity index is 528. The lowest BCUT2D eigenvalue weighted by Gasteiger charge is -2.16. The van der Waals surface area contributed by atoms with E-state index in [4.69, 9.17) is 5.11 Å². The standard InChI is InChI=1S/C13H17N3O4/c1-15(9-5-6-9)8-7-14-11-4-2-3-10(13(17)18)12(11)16(19)20/h2-4,9,14H,5-8H2,1H3,(H,17,18). The molecule has 0 bridgehead atoms. The molecular formula is C13H17N3O4. The predicted octanol–water partition coefficient (Wildman–Crippen LogP) is 1.80. The number of rotatable bonds is 7. The van der Waals surface area contributed by atoms with Crippen molar-refractivity contribution in [3.8, 4) is 0 Å². The smallest absolute Gasteiger partial charge is 0.342 e. The molecule has 7 nitrogen and oxygen atoms in total. The topological polar surface area (TPSA) is 95.7 Å². The van der Waals surface area contributed by atoms with Crippen molar-refractivity contribution in [2.45, 2.75) is 18.9 Å². The lowest BCUT2D eigenvalue weighted by molar-refractivity contribution is -0.384. The Morgan fingerprint density at radius 3 is 2.80 bits per heavy atom. The maximum atomic E-state index is 11.1. The number of hydrogen-bond donors (Lipinski definition) is 2. The third kappa shape index (κ3) is 3.24. The van der Waals surface area contributed by atoms with Crippen LogP contribution in [0.3, 0.4) is 0 Å². The molecule has 1 aliphatic carbocycles. The van der Waals surface area contributed by atoms with E-state index in [9.17, 15) is 14.9 Å². The minimum Gasteiger partial charge on any atom is -0.477 e. The van der Waals surface area contributed by atoms with Crippen LogP contribution in [0, 0.1) is 10.1 Å². The van der Waals surface area contributed by atoms with Crippen LogP contribution in [0.5, 0.6) is 0 Å². The molecule has 0 heterocycles. The Labute approximate surface area is 116 Å². The van der Waals surface area contributed by atoms with E-state index in [-0.39, 0.29) is 16.9 Å². The highest BCUT2D eigenvalue weighted by molar-refractivity contribution is 5.95. The number of carboxylic acid groups (broad SMARTS) is 1. The van der Waals surface area contributed by atoms with Gasteiger partial charge in [-0.05, 0) is 32.0 Å². The first-order chi connectivity index (χ1) is 9.50. The minimum atomic E-state index is -1.30. The molecule has 0 amide bonds. The first kappa shape index (κ1) is 14.3. The van der Waals surface area contributed by atoms with Crippen LogP contribution >= 0.6 is 0 Å². The fourth-order valence-electron chi connectivity index (χ4n) is 2.12. The van der Waals surface area contributed by atoms with Gasteiger partial charge in [0, 0.05) is 19.1 Å². The molecule has 1 aliphatic rings. The highest BCUT2D eigenvalue weighted by Gasteiger charge is 2.26. The second kappa shape index (κ2) is 5.87. The molecule has 0 atom stereocenters. The quantitative estimate of drug-likeness (QED) is 0.583. The maximum absolute atomic E-state index is 11.1. The molecule has 0 aromatic heterocycles. The van der Waals surface area contributed by atoms with Crippen LogP contribution in [-0.4, -0.2) is 47.1 Å². The Hall–Kier alpha value is -2.15. The second-order valence-corrected chi connectivity index (χ2v) is 4.90. The number of nitrogens with zero attached hydrogens (tertiary/aromatic N) is 2. The van der Waals surface area contributed by atoms with Crippen LogP contribution in [0.1, 0.15) is 23.2 Å². The van der Waals surface area contributed by atoms with Gasteiger partial charge in [0.2, 0.25) is 0 Å². The number of carboxylic acids is 1. The van der Waals surface area contributed by atoms with E-state index in [0.29, 0.717) is 12.6 Å². The van der Waals surface area contributed by atoms with Crippen molar-refractivity contribution in [2.75, 3.05) is 25.5 Å². The van der Waals surface area contributed by atoms with Crippen molar-refractivity contribution in [1.29, 1.82) is 0 Å². The van der Waals surface area contributed by atoms with Gasteiger partial charge in [-0.3, -0.25) is 10.1 Å². The monoisotopic (exact) mass is 279 g/mol. The summed E-state index contributed by atoms with van der Waals surface area (Å²) in [6.45, 7) is 1.30. The lowest BCUT2D eigenvalue weighted by atomic mass is 10.1. The Morgan fingerprint density at radius 2 is 2.25 bits per heavy atom. The molecule has 7 heteroatoms. The first-order valence-corrected chi connectivity index (χ1v) is 6.45. The molecule has 1 saturated carbocycles. The van der Waals surface area contributed by atoms with Crippen LogP contribution in [0.25, 0.3) is 0 Å². The fraction of sp³-hybridized carbons (Fsp3) is 0.462. The van der Waals surface area contributed by atoms with Gasteiger partial charge in [0.25, 0.3) is 0 Å². The summed E-state index contributed by atoms with van der Waals surface area (Å²) < 4.78 is 0. The second-order valence-electron chi connectivity index (χ2n) is 4.90. The third-order valence-electron chi connectivity index (χ3n) is 3.40. The van der Waals surface area contributed by atoms with Crippen molar-refractivity contribution in [2.24, 2.45) is 0 Å². The van der Waals surface area contributed by atoms with Crippen LogP contribution in [0.4, 0.5) is 11.4 Å². The number of nitro groups is 1. The van der Waals surface area contributed by atoms with E-state index in [1.54, 1.807) is 0 Å². The van der Waals surface area contributed by atoms with Crippen molar-refractivity contribution in [3.05, 3.63) is 33.9 Å². The number of nitrogens with one attached hydrogen (secondary N) is 1. The number of hydrogen-bond acceptors (Lipinski definition) is 5. The van der Waals surface area contributed by atoms with E-state index in [2.05, 4.69) is 10.2 Å². The minimum absolute atomic E-state index is 0.249. The Kier molecular flexibility index (Phi) is 4.19. The number of anilines is 1. The van der Waals surface area contributed by atoms with Gasteiger partial charge in [-0.15, -0.1) is 0 Å². The summed E-state index contributed by atoms with van der Waals surface area (Å²) in [4.78, 5) is 23.6. The number of para-hydroxylation sites is 1. The van der Waals surface area contributed by atoms with Gasteiger partial charge in [0.15, 0.2) is 0 Å². The molecule has 1 fully saturated rings. The van der Waals surface area contributed by atoms with Crippen molar-refractivity contribution < 1.29 is 14.8 Å². The number of aromatic carboxylic acids is 1. The zero-order valence-electron chi connectivity index (χ0n) is 11.2. The average molecular weight is 279 g/mol. The zero-order valence-corrected chi connectivity index (χ0v) is 11.2. The highest BCUT2D eigenvalue weighted by atomic mass is 16.6. The number of carbonyl (C=O) groups is 1. The summed E-state index contributed by atoms with van der Waals surface area (Å²) in [5.74, 6) is -1.30. The SMILES string of the molecule is CN(CCNc1cccc(C(=O)O)c1[N+](=O)[O-])C1CC1. The molecule has 1 aromatic rings. The molecule has 0 radical (unpaired) electrons. The van der Waals surface area contributed by atoms with Crippen LogP contribution < -0.4 is 5.32 Å². The number of nitro benzene ring substituents is 1. The van der Waals surface area contributed by atoms with Gasteiger partial charge in [-0.2, -0.15) is 0 Å². The lowest BCUT2D eigenvalue weighted by Crippen LogP contribution is -2.27. The number of likely N-dealkylation sites (N-methyl/N-ethyl adjacent to an activating group) is 1. The molecule has 2 N–H and O–H groups in total. The summed E-state index contributed by atoms with van der Waals surface area (Å²) in [7, 11) is 2.02. The zero-order chi connectivity index (χ0) is 14.7. The summed E-state index contributed by atoms with van der Waals surface area (Å²) in [5, 5.41) is 23.0. The van der Waals surface area contributed by atoms with E-state index in [0.717, 1.165) is 6.54 Å². The Morgan fingerprint density at radius 1 is 1.55 bits per heavy atom. The van der Waals surface area contributed by atoms with E-state index in [1.807, 2.05) is 7.05 Å². The highest BCUT2D eigenvalue weighted by Crippen LogP contribution is 2.29.